The van der Waals surface area contributed by atoms with Crippen molar-refractivity contribution in [2.75, 3.05) is 0 Å². The van der Waals surface area contributed by atoms with Gasteiger partial charge in [-0.3, -0.25) is 6.08 Å². The predicted molar refractivity (Wildman–Crippen MR) is 37.2 cm³/mol. The Kier molecular flexibility index (Phi) is 46.2. The molecule has 0 saturated heterocycles. The van der Waals surface area contributed by atoms with Gasteiger partial charge in [-0.25, -0.2) is 12.2 Å². The molecule has 0 aromatic heterocycles. The standard InChI is InChI=1S/C5H5.C3H7.2ClH.Zr/c1-2-4-5-3-1;1-3-2;;;/h1-3H,4H2;3H,1-2H3;2*1H;/q2*-1;;;+4/p-2. The topological polar surface area (TPSA) is 0 Å². The molecule has 0 heterocycles. The molecule has 3 heteroatoms. The third kappa shape index (κ3) is 24.8. The number of allylic oxidation sites excluding steroid dienone is 4. The molecule has 11 heavy (non-hydrogen) atoms. The van der Waals surface area contributed by atoms with Crippen LogP contribution in [0.3, 0.4) is 0 Å². The van der Waals surface area contributed by atoms with Crippen LogP contribution in [0.25, 0.3) is 0 Å². The van der Waals surface area contributed by atoms with E-state index in [1.165, 1.54) is 0 Å². The molecule has 1 aliphatic rings. The molecule has 0 nitrogen and oxygen atoms in total. The fourth-order valence-electron chi connectivity index (χ4n) is 0.340. The summed E-state index contributed by atoms with van der Waals surface area (Å²) in [5.74, 6) is 0. The molecule has 1 rings (SSSR count). The van der Waals surface area contributed by atoms with Crippen LogP contribution in [0.1, 0.15) is 20.3 Å². The minimum absolute atomic E-state index is 0. The van der Waals surface area contributed by atoms with Crippen LogP contribution < -0.4 is 24.8 Å². The Morgan fingerprint density at radius 3 is 1.82 bits per heavy atom. The van der Waals surface area contributed by atoms with Crippen LogP contribution in [0, 0.1) is 12.5 Å². The van der Waals surface area contributed by atoms with Gasteiger partial charge in [0.2, 0.25) is 0 Å². The Hall–Kier alpha value is 0.943. The molecule has 0 fully saturated rings. The second-order valence-electron chi connectivity index (χ2n) is 1.58. The van der Waals surface area contributed by atoms with Gasteiger partial charge in [-0.1, -0.05) is 0 Å². The van der Waals surface area contributed by atoms with Gasteiger partial charge >= 0.3 is 26.2 Å². The SMILES string of the molecule is C[CH-]C.[C-]1=CC=CC1.[Cl-].[Cl-].[Zr+4]. The molecule has 0 N–H and O–H groups in total. The summed E-state index contributed by atoms with van der Waals surface area (Å²) < 4.78 is 0. The summed E-state index contributed by atoms with van der Waals surface area (Å²) >= 11 is 0. The Labute approximate surface area is 101 Å². The molecule has 62 valence electrons. The first-order chi connectivity index (χ1) is 3.91. The fourth-order valence-corrected chi connectivity index (χ4v) is 0.340. The van der Waals surface area contributed by atoms with Crippen molar-refractivity contribution in [3.8, 4) is 0 Å². The number of halogens is 2. The summed E-state index contributed by atoms with van der Waals surface area (Å²) in [6, 6.07) is 0. The molecule has 0 aliphatic heterocycles. The molecule has 0 aromatic rings. The zero-order chi connectivity index (χ0) is 6.24. The Morgan fingerprint density at radius 2 is 1.73 bits per heavy atom. The summed E-state index contributed by atoms with van der Waals surface area (Å²) in [7, 11) is 0. The van der Waals surface area contributed by atoms with Crippen molar-refractivity contribution in [1.29, 1.82) is 0 Å². The van der Waals surface area contributed by atoms with Gasteiger partial charge in [0.1, 0.15) is 0 Å². The molecule has 0 bridgehead atoms. The van der Waals surface area contributed by atoms with Gasteiger partial charge in [0.05, 0.1) is 0 Å². The van der Waals surface area contributed by atoms with E-state index in [1.807, 2.05) is 32.4 Å². The molecule has 1 aliphatic carbocycles. The average Bonchev–Trinajstić information content (AvgIpc) is 2.17. The van der Waals surface area contributed by atoms with Crippen molar-refractivity contribution in [2.45, 2.75) is 20.3 Å². The van der Waals surface area contributed by atoms with Gasteiger partial charge in [-0.15, -0.1) is 6.42 Å². The first-order valence-corrected chi connectivity index (χ1v) is 2.87. The molecular formula is C8H12Cl2Zr. The van der Waals surface area contributed by atoms with E-state index in [1.54, 1.807) is 0 Å². The Balaban J connectivity index is -0.0000000379. The van der Waals surface area contributed by atoms with E-state index in [-0.39, 0.29) is 51.0 Å². The van der Waals surface area contributed by atoms with Gasteiger partial charge in [-0.2, -0.15) is 19.9 Å². The van der Waals surface area contributed by atoms with Gasteiger partial charge in [0.15, 0.2) is 0 Å². The smallest absolute Gasteiger partial charge is 1.00 e. The van der Waals surface area contributed by atoms with Crippen LogP contribution in [0.4, 0.5) is 0 Å². The van der Waals surface area contributed by atoms with Gasteiger partial charge in [0, 0.05) is 0 Å². The molecule has 0 unspecified atom stereocenters. The van der Waals surface area contributed by atoms with Crippen LogP contribution in [0.2, 0.25) is 0 Å². The maximum Gasteiger partial charge on any atom is 4.00 e. The van der Waals surface area contributed by atoms with Crippen LogP contribution in [0.5, 0.6) is 0 Å². The second-order valence-corrected chi connectivity index (χ2v) is 1.58. The van der Waals surface area contributed by atoms with Crippen LogP contribution in [-0.4, -0.2) is 0 Å². The van der Waals surface area contributed by atoms with E-state index in [0.29, 0.717) is 0 Å². The first kappa shape index (κ1) is 22.7. The van der Waals surface area contributed by atoms with E-state index in [0.717, 1.165) is 6.42 Å². The molecule has 0 atom stereocenters. The number of rotatable bonds is 0. The Bertz CT molecular complexity index is 80.1. The molecule has 0 aromatic carbocycles. The number of hydrogen-bond donors (Lipinski definition) is 0. The normalized spacial score (nSPS) is 9.64. The second kappa shape index (κ2) is 22.4. The van der Waals surface area contributed by atoms with Gasteiger partial charge in [-0.05, 0) is 0 Å². The zero-order valence-corrected chi connectivity index (χ0v) is 10.7. The van der Waals surface area contributed by atoms with Crippen molar-refractivity contribution in [1.82, 2.24) is 0 Å². The number of hydrogen-bond acceptors (Lipinski definition) is 0. The predicted octanol–water partition coefficient (Wildman–Crippen LogP) is -3.46. The van der Waals surface area contributed by atoms with E-state index in [4.69, 9.17) is 0 Å². The van der Waals surface area contributed by atoms with Gasteiger partial charge in [0.25, 0.3) is 0 Å². The molecule has 0 amide bonds. The quantitative estimate of drug-likeness (QED) is 0.402. The summed E-state index contributed by atoms with van der Waals surface area (Å²) in [5.41, 5.74) is 0. The van der Waals surface area contributed by atoms with E-state index < -0.39 is 0 Å². The van der Waals surface area contributed by atoms with E-state index in [2.05, 4.69) is 12.2 Å². The third-order valence-corrected chi connectivity index (χ3v) is 0.586. The maximum atomic E-state index is 2.99. The zero-order valence-electron chi connectivity index (χ0n) is 6.77. The van der Waals surface area contributed by atoms with Crippen LogP contribution >= 0.6 is 0 Å². The van der Waals surface area contributed by atoms with Crippen LogP contribution in [0.15, 0.2) is 18.2 Å². The summed E-state index contributed by atoms with van der Waals surface area (Å²) in [5, 5.41) is 0. The minimum Gasteiger partial charge on any atom is -1.00 e. The summed E-state index contributed by atoms with van der Waals surface area (Å²) in [4.78, 5) is 0. The fraction of sp³-hybridized carbons (Fsp3) is 0.375. The molecule has 0 spiro atoms. The first-order valence-electron chi connectivity index (χ1n) is 2.87. The molecule has 0 radical (unpaired) electrons. The monoisotopic (exact) mass is 268 g/mol. The van der Waals surface area contributed by atoms with Gasteiger partial charge < -0.3 is 31.2 Å². The average molecular weight is 270 g/mol. The summed E-state index contributed by atoms with van der Waals surface area (Å²) in [6.45, 7) is 4.00. The van der Waals surface area contributed by atoms with Crippen molar-refractivity contribution in [3.05, 3.63) is 30.7 Å². The summed E-state index contributed by atoms with van der Waals surface area (Å²) in [6.07, 6.45) is 12.0. The van der Waals surface area contributed by atoms with Crippen molar-refractivity contribution in [3.63, 3.8) is 0 Å². The largest absolute Gasteiger partial charge is 4.00 e. The minimum atomic E-state index is 0. The van der Waals surface area contributed by atoms with E-state index >= 15 is 0 Å². The van der Waals surface area contributed by atoms with Crippen LogP contribution in [-0.2, 0) is 26.2 Å². The molecule has 0 saturated carbocycles. The maximum absolute atomic E-state index is 2.99. The van der Waals surface area contributed by atoms with Crippen molar-refractivity contribution in [2.24, 2.45) is 0 Å². The third-order valence-electron chi connectivity index (χ3n) is 0.586. The molecular weight excluding hydrogens is 258 g/mol. The van der Waals surface area contributed by atoms with E-state index in [9.17, 15) is 0 Å². The van der Waals surface area contributed by atoms with Crippen molar-refractivity contribution < 1.29 is 51.0 Å². The van der Waals surface area contributed by atoms with Crippen molar-refractivity contribution >= 4 is 0 Å². The Morgan fingerprint density at radius 1 is 1.27 bits per heavy atom.